The van der Waals surface area contributed by atoms with Gasteiger partial charge in [-0.25, -0.2) is 0 Å². The highest BCUT2D eigenvalue weighted by molar-refractivity contribution is 7.26. The second kappa shape index (κ2) is 9.33. The lowest BCUT2D eigenvalue weighted by atomic mass is 9.98. The molecule has 0 spiro atoms. The molecule has 0 atom stereocenters. The van der Waals surface area contributed by atoms with Crippen molar-refractivity contribution in [3.8, 4) is 39.6 Å². The smallest absolute Gasteiger partial charge is 0.168 e. The van der Waals surface area contributed by atoms with Crippen molar-refractivity contribution in [3.63, 3.8) is 0 Å². The first kappa shape index (κ1) is 23.6. The van der Waals surface area contributed by atoms with Crippen LogP contribution in [0.3, 0.4) is 0 Å². The molecule has 0 saturated carbocycles. The first-order chi connectivity index (χ1) is 19.1. The van der Waals surface area contributed by atoms with E-state index in [4.69, 9.17) is 0 Å². The average Bonchev–Trinajstić information content (AvgIpc) is 3.56. The molecule has 0 amide bonds. The van der Waals surface area contributed by atoms with Gasteiger partial charge >= 0.3 is 0 Å². The lowest BCUT2D eigenvalue weighted by Gasteiger charge is -2.12. The van der Waals surface area contributed by atoms with Crippen molar-refractivity contribution in [1.29, 1.82) is 0 Å². The molecule has 0 aliphatic carbocycles. The lowest BCUT2D eigenvalue weighted by Crippen LogP contribution is -2.00. The van der Waals surface area contributed by atoms with Gasteiger partial charge in [-0.2, -0.15) is 0 Å². The van der Waals surface area contributed by atoms with Gasteiger partial charge in [-0.15, -0.1) is 21.5 Å². The Labute approximate surface area is 232 Å². The van der Waals surface area contributed by atoms with Crippen LogP contribution in [0.1, 0.15) is 16.7 Å². The molecule has 3 nitrogen and oxygen atoms in total. The number of fused-ring (bicyclic) bond motifs is 3. The molecular weight excluding hydrogens is 494 g/mol. The molecule has 39 heavy (non-hydrogen) atoms. The number of thiophene rings is 1. The summed E-state index contributed by atoms with van der Waals surface area (Å²) in [4.78, 5) is 0. The van der Waals surface area contributed by atoms with E-state index in [2.05, 4.69) is 108 Å². The predicted octanol–water partition coefficient (Wildman–Crippen LogP) is 9.56. The molecule has 0 aliphatic rings. The average molecular weight is 522 g/mol. The number of rotatable bonds is 4. The van der Waals surface area contributed by atoms with Gasteiger partial charge < -0.3 is 0 Å². The Balaban J connectivity index is 1.37. The fourth-order valence-corrected chi connectivity index (χ4v) is 6.82. The van der Waals surface area contributed by atoms with Gasteiger partial charge in [0.15, 0.2) is 11.6 Å². The minimum absolute atomic E-state index is 0.828. The van der Waals surface area contributed by atoms with E-state index in [1.165, 1.54) is 48.0 Å². The van der Waals surface area contributed by atoms with E-state index in [0.717, 1.165) is 28.5 Å². The molecule has 2 aromatic heterocycles. The van der Waals surface area contributed by atoms with Crippen LogP contribution in [0.25, 0.3) is 59.8 Å². The Bertz CT molecular complexity index is 1960. The zero-order valence-corrected chi connectivity index (χ0v) is 23.0. The summed E-state index contributed by atoms with van der Waals surface area (Å²) in [6, 6.07) is 38.6. The molecule has 188 valence electrons. The summed E-state index contributed by atoms with van der Waals surface area (Å²) in [6.07, 6.45) is 0. The molecule has 0 aliphatic heterocycles. The Kier molecular flexibility index (Phi) is 5.64. The lowest BCUT2D eigenvalue weighted by molar-refractivity contribution is 1.07. The van der Waals surface area contributed by atoms with Crippen molar-refractivity contribution >= 4 is 31.5 Å². The number of benzene rings is 5. The maximum absolute atomic E-state index is 4.67. The van der Waals surface area contributed by atoms with Crippen LogP contribution < -0.4 is 0 Å². The number of hydrogen-bond acceptors (Lipinski definition) is 3. The molecule has 0 radical (unpaired) electrons. The molecule has 2 heterocycles. The maximum atomic E-state index is 4.67. The van der Waals surface area contributed by atoms with Crippen LogP contribution in [-0.4, -0.2) is 14.8 Å². The van der Waals surface area contributed by atoms with Crippen LogP contribution in [0.15, 0.2) is 109 Å². The first-order valence-electron chi connectivity index (χ1n) is 13.2. The molecular formula is C35H27N3S. The van der Waals surface area contributed by atoms with Gasteiger partial charge in [-0.05, 0) is 73.4 Å². The van der Waals surface area contributed by atoms with Crippen LogP contribution in [0.2, 0.25) is 0 Å². The van der Waals surface area contributed by atoms with Crippen LogP contribution in [0, 0.1) is 20.8 Å². The summed E-state index contributed by atoms with van der Waals surface area (Å²) >= 11 is 1.90. The highest BCUT2D eigenvalue weighted by Gasteiger charge is 2.18. The fraction of sp³-hybridized carbons (Fsp3) is 0.0857. The van der Waals surface area contributed by atoms with Gasteiger partial charge in [0.2, 0.25) is 0 Å². The van der Waals surface area contributed by atoms with E-state index in [1.54, 1.807) is 0 Å². The van der Waals surface area contributed by atoms with Gasteiger partial charge in [-0.1, -0.05) is 84.4 Å². The number of aromatic nitrogens is 3. The van der Waals surface area contributed by atoms with E-state index in [9.17, 15) is 0 Å². The number of hydrogen-bond donors (Lipinski definition) is 0. The second-order valence-electron chi connectivity index (χ2n) is 10.2. The monoisotopic (exact) mass is 521 g/mol. The molecule has 5 aromatic carbocycles. The summed E-state index contributed by atoms with van der Waals surface area (Å²) in [5.74, 6) is 1.66. The van der Waals surface area contributed by atoms with Crippen molar-refractivity contribution in [2.24, 2.45) is 0 Å². The maximum Gasteiger partial charge on any atom is 0.168 e. The topological polar surface area (TPSA) is 30.7 Å². The largest absolute Gasteiger partial charge is 0.275 e. The summed E-state index contributed by atoms with van der Waals surface area (Å²) in [7, 11) is 0. The minimum Gasteiger partial charge on any atom is -0.275 e. The quantitative estimate of drug-likeness (QED) is 0.231. The standard InChI is InChI=1S/C35H27N3S/c1-22-18-24(3)32-30(20-22)31-21-23(2)19-29(33(31)39-32)25-14-16-27(17-15-25)35-37-36-34(26-10-6-4-7-11-26)38(35)28-12-8-5-9-13-28/h4-21H,1-3H3. The molecule has 0 fully saturated rings. The van der Waals surface area contributed by atoms with E-state index in [-0.39, 0.29) is 0 Å². The van der Waals surface area contributed by atoms with Crippen LogP contribution in [0.5, 0.6) is 0 Å². The summed E-state index contributed by atoms with van der Waals surface area (Å²) in [6.45, 7) is 6.60. The first-order valence-corrected chi connectivity index (χ1v) is 14.0. The third-order valence-corrected chi connectivity index (χ3v) is 8.70. The Morgan fingerprint density at radius 2 is 1.08 bits per heavy atom. The van der Waals surface area contributed by atoms with E-state index < -0.39 is 0 Å². The Hall–Kier alpha value is -4.54. The van der Waals surface area contributed by atoms with Crippen molar-refractivity contribution in [2.75, 3.05) is 0 Å². The fourth-order valence-electron chi connectivity index (χ4n) is 5.56. The normalized spacial score (nSPS) is 11.5. The summed E-state index contributed by atoms with van der Waals surface area (Å²) in [5.41, 5.74) is 9.53. The van der Waals surface area contributed by atoms with Gasteiger partial charge in [0, 0.05) is 37.0 Å². The Morgan fingerprint density at radius 1 is 0.538 bits per heavy atom. The third kappa shape index (κ3) is 4.05. The highest BCUT2D eigenvalue weighted by Crippen LogP contribution is 2.42. The van der Waals surface area contributed by atoms with Crippen molar-refractivity contribution < 1.29 is 0 Å². The summed E-state index contributed by atoms with van der Waals surface area (Å²) < 4.78 is 4.87. The minimum atomic E-state index is 0.828. The molecule has 7 rings (SSSR count). The second-order valence-corrected chi connectivity index (χ2v) is 11.2. The number of aryl methyl sites for hydroxylation is 3. The number of nitrogens with zero attached hydrogens (tertiary/aromatic N) is 3. The molecule has 4 heteroatoms. The zero-order valence-electron chi connectivity index (χ0n) is 22.1. The summed E-state index contributed by atoms with van der Waals surface area (Å²) in [5, 5.41) is 12.0. The molecule has 0 unspecified atom stereocenters. The third-order valence-electron chi connectivity index (χ3n) is 7.31. The van der Waals surface area contributed by atoms with E-state index in [0.29, 0.717) is 0 Å². The van der Waals surface area contributed by atoms with E-state index >= 15 is 0 Å². The van der Waals surface area contributed by atoms with Crippen molar-refractivity contribution in [3.05, 3.63) is 126 Å². The zero-order chi connectivity index (χ0) is 26.5. The number of para-hydroxylation sites is 1. The SMILES string of the molecule is Cc1cc(C)c2sc3c(-c4ccc(-c5nnc(-c6ccccc6)n5-c5ccccc5)cc4)cc(C)cc3c2c1. The Morgan fingerprint density at radius 3 is 1.74 bits per heavy atom. The van der Waals surface area contributed by atoms with Gasteiger partial charge in [-0.3, -0.25) is 4.57 Å². The molecule has 0 saturated heterocycles. The van der Waals surface area contributed by atoms with Gasteiger partial charge in [0.05, 0.1) is 0 Å². The molecule has 0 bridgehead atoms. The van der Waals surface area contributed by atoms with E-state index in [1.807, 2.05) is 47.7 Å². The van der Waals surface area contributed by atoms with Crippen LogP contribution >= 0.6 is 11.3 Å². The van der Waals surface area contributed by atoms with Crippen molar-refractivity contribution in [1.82, 2.24) is 14.8 Å². The van der Waals surface area contributed by atoms with Crippen molar-refractivity contribution in [2.45, 2.75) is 20.8 Å². The molecule has 0 N–H and O–H groups in total. The van der Waals surface area contributed by atoms with Gasteiger partial charge in [0.1, 0.15) is 0 Å². The van der Waals surface area contributed by atoms with Gasteiger partial charge in [0.25, 0.3) is 0 Å². The predicted molar refractivity (Wildman–Crippen MR) is 165 cm³/mol. The van der Waals surface area contributed by atoms with Crippen LogP contribution in [0.4, 0.5) is 0 Å². The van der Waals surface area contributed by atoms with Crippen LogP contribution in [-0.2, 0) is 0 Å². The molecule has 7 aromatic rings. The highest BCUT2D eigenvalue weighted by atomic mass is 32.1.